The first-order chi connectivity index (χ1) is 13.7. The Morgan fingerprint density at radius 1 is 0.643 bits per heavy atom. The van der Waals surface area contributed by atoms with E-state index in [0.717, 1.165) is 27.5 Å². The van der Waals surface area contributed by atoms with Crippen molar-refractivity contribution in [3.05, 3.63) is 120 Å². The zero-order valence-electron chi connectivity index (χ0n) is 15.8. The van der Waals surface area contributed by atoms with Crippen LogP contribution in [0.3, 0.4) is 0 Å². The van der Waals surface area contributed by atoms with Gasteiger partial charge in [0, 0.05) is 12.8 Å². The van der Waals surface area contributed by atoms with Crippen LogP contribution < -0.4 is 5.73 Å². The molecule has 0 radical (unpaired) electrons. The molecule has 4 aromatic carbocycles. The zero-order valence-corrected chi connectivity index (χ0v) is 15.8. The van der Waals surface area contributed by atoms with Crippen LogP contribution in [-0.2, 0) is 12.8 Å². The summed E-state index contributed by atoms with van der Waals surface area (Å²) < 4.78 is 0. The van der Waals surface area contributed by atoms with Crippen LogP contribution in [-0.4, -0.2) is 10.7 Å². The van der Waals surface area contributed by atoms with Gasteiger partial charge in [0.25, 0.3) is 0 Å². The summed E-state index contributed by atoms with van der Waals surface area (Å²) in [5, 5.41) is 14.1. The highest BCUT2D eigenvalue weighted by Crippen LogP contribution is 2.34. The fourth-order valence-electron chi connectivity index (χ4n) is 3.99. The molecule has 0 bridgehead atoms. The second-order valence-corrected chi connectivity index (χ2v) is 7.47. The van der Waals surface area contributed by atoms with Crippen LogP contribution in [0, 0.1) is 0 Å². The van der Waals surface area contributed by atoms with E-state index in [1.165, 1.54) is 0 Å². The van der Waals surface area contributed by atoms with Crippen LogP contribution in [0.2, 0.25) is 0 Å². The average molecular weight is 367 g/mol. The summed E-state index contributed by atoms with van der Waals surface area (Å²) in [6, 6.07) is 34.0. The minimum atomic E-state index is -1.10. The predicted octanol–water partition coefficient (Wildman–Crippen LogP) is 5.06. The highest BCUT2D eigenvalue weighted by atomic mass is 16.3. The SMILES string of the molecule is N[C@H](c1cccc2ccccc12)C(O)(Cc1ccccc1)Cc1ccccc1. The Morgan fingerprint density at radius 3 is 1.75 bits per heavy atom. The lowest BCUT2D eigenvalue weighted by Crippen LogP contribution is -2.45. The lowest BCUT2D eigenvalue weighted by molar-refractivity contribution is 0.0141. The molecule has 0 aliphatic heterocycles. The molecule has 3 N–H and O–H groups in total. The number of hydrogen-bond donors (Lipinski definition) is 2. The van der Waals surface area contributed by atoms with Crippen LogP contribution in [0.15, 0.2) is 103 Å². The van der Waals surface area contributed by atoms with E-state index in [1.54, 1.807) is 0 Å². The van der Waals surface area contributed by atoms with Crippen molar-refractivity contribution in [2.24, 2.45) is 5.73 Å². The number of nitrogens with two attached hydrogens (primary N) is 1. The number of hydrogen-bond acceptors (Lipinski definition) is 2. The third kappa shape index (κ3) is 3.84. The van der Waals surface area contributed by atoms with Gasteiger partial charge in [-0.25, -0.2) is 0 Å². The number of benzene rings is 4. The molecule has 0 aliphatic rings. The smallest absolute Gasteiger partial charge is 0.0919 e. The fraction of sp³-hybridized carbons (Fsp3) is 0.154. The maximum absolute atomic E-state index is 11.9. The molecule has 0 spiro atoms. The third-order valence-corrected chi connectivity index (χ3v) is 5.44. The number of rotatable bonds is 6. The van der Waals surface area contributed by atoms with E-state index in [1.807, 2.05) is 84.9 Å². The summed E-state index contributed by atoms with van der Waals surface area (Å²) in [7, 11) is 0. The quantitative estimate of drug-likeness (QED) is 0.500. The van der Waals surface area contributed by atoms with Gasteiger partial charge in [-0.05, 0) is 27.5 Å². The molecule has 0 aliphatic carbocycles. The Hall–Kier alpha value is -2.94. The van der Waals surface area contributed by atoms with Gasteiger partial charge in [-0.3, -0.25) is 0 Å². The predicted molar refractivity (Wildman–Crippen MR) is 116 cm³/mol. The summed E-state index contributed by atoms with van der Waals surface area (Å²) in [6.45, 7) is 0. The second-order valence-electron chi connectivity index (χ2n) is 7.47. The first-order valence-electron chi connectivity index (χ1n) is 9.69. The first-order valence-corrected chi connectivity index (χ1v) is 9.69. The molecule has 1 atom stereocenters. The van der Waals surface area contributed by atoms with Crippen molar-refractivity contribution in [1.82, 2.24) is 0 Å². The average Bonchev–Trinajstić information content (AvgIpc) is 2.74. The van der Waals surface area contributed by atoms with E-state index >= 15 is 0 Å². The molecular weight excluding hydrogens is 342 g/mol. The van der Waals surface area contributed by atoms with Gasteiger partial charge in [0.15, 0.2) is 0 Å². The van der Waals surface area contributed by atoms with Gasteiger partial charge in [-0.2, -0.15) is 0 Å². The molecule has 0 unspecified atom stereocenters. The molecule has 4 rings (SSSR count). The van der Waals surface area contributed by atoms with Gasteiger partial charge >= 0.3 is 0 Å². The summed E-state index contributed by atoms with van der Waals surface area (Å²) in [4.78, 5) is 0. The number of aliphatic hydroxyl groups is 1. The standard InChI is InChI=1S/C26H25NO/c27-25(24-17-9-15-22-14-7-8-16-23(22)24)26(28,18-20-10-3-1-4-11-20)19-21-12-5-2-6-13-21/h1-17,25,28H,18-19,27H2/t25-/m1/s1. The van der Waals surface area contributed by atoms with Crippen molar-refractivity contribution in [2.45, 2.75) is 24.5 Å². The van der Waals surface area contributed by atoms with Crippen LogP contribution in [0.25, 0.3) is 10.8 Å². The van der Waals surface area contributed by atoms with Crippen molar-refractivity contribution in [3.63, 3.8) is 0 Å². The second kappa shape index (κ2) is 7.97. The molecular formula is C26H25NO. The highest BCUT2D eigenvalue weighted by molar-refractivity contribution is 5.86. The van der Waals surface area contributed by atoms with Gasteiger partial charge < -0.3 is 10.8 Å². The normalized spacial score (nSPS) is 12.8. The molecule has 2 heteroatoms. The Bertz CT molecular complexity index is 997. The Balaban J connectivity index is 1.77. The zero-order chi connectivity index (χ0) is 19.4. The summed E-state index contributed by atoms with van der Waals surface area (Å²) in [5.41, 5.74) is 8.82. The third-order valence-electron chi connectivity index (χ3n) is 5.44. The molecule has 0 saturated carbocycles. The molecule has 28 heavy (non-hydrogen) atoms. The fourth-order valence-corrected chi connectivity index (χ4v) is 3.99. The van der Waals surface area contributed by atoms with Crippen LogP contribution in [0.1, 0.15) is 22.7 Å². The summed E-state index contributed by atoms with van der Waals surface area (Å²) in [5.74, 6) is 0. The van der Waals surface area contributed by atoms with Crippen molar-refractivity contribution >= 4 is 10.8 Å². The summed E-state index contributed by atoms with van der Waals surface area (Å²) in [6.07, 6.45) is 0.986. The molecule has 0 aromatic heterocycles. The molecule has 0 saturated heterocycles. The minimum absolute atomic E-state index is 0.493. The van der Waals surface area contributed by atoms with E-state index < -0.39 is 11.6 Å². The first kappa shape index (κ1) is 18.4. The minimum Gasteiger partial charge on any atom is -0.387 e. The van der Waals surface area contributed by atoms with Crippen molar-refractivity contribution in [1.29, 1.82) is 0 Å². The molecule has 4 aromatic rings. The van der Waals surface area contributed by atoms with E-state index in [4.69, 9.17) is 5.73 Å². The largest absolute Gasteiger partial charge is 0.387 e. The summed E-state index contributed by atoms with van der Waals surface area (Å²) >= 11 is 0. The van der Waals surface area contributed by atoms with Crippen molar-refractivity contribution in [3.8, 4) is 0 Å². The Morgan fingerprint density at radius 2 is 1.14 bits per heavy atom. The Kier molecular flexibility index (Phi) is 5.25. The maximum Gasteiger partial charge on any atom is 0.0919 e. The monoisotopic (exact) mass is 367 g/mol. The number of fused-ring (bicyclic) bond motifs is 1. The maximum atomic E-state index is 11.9. The van der Waals surface area contributed by atoms with Gasteiger partial charge in [0.2, 0.25) is 0 Å². The lowest BCUT2D eigenvalue weighted by Gasteiger charge is -2.35. The molecule has 140 valence electrons. The lowest BCUT2D eigenvalue weighted by atomic mass is 9.78. The van der Waals surface area contributed by atoms with Crippen LogP contribution in [0.5, 0.6) is 0 Å². The van der Waals surface area contributed by atoms with Crippen molar-refractivity contribution in [2.75, 3.05) is 0 Å². The molecule has 0 amide bonds. The van der Waals surface area contributed by atoms with Crippen molar-refractivity contribution < 1.29 is 5.11 Å². The Labute approximate surface area is 166 Å². The van der Waals surface area contributed by atoms with E-state index in [0.29, 0.717) is 12.8 Å². The molecule has 0 fully saturated rings. The highest BCUT2D eigenvalue weighted by Gasteiger charge is 2.36. The van der Waals surface area contributed by atoms with Gasteiger partial charge in [-0.1, -0.05) is 103 Å². The molecule has 2 nitrogen and oxygen atoms in total. The van der Waals surface area contributed by atoms with E-state index in [-0.39, 0.29) is 0 Å². The molecule has 0 heterocycles. The van der Waals surface area contributed by atoms with Crippen LogP contribution in [0.4, 0.5) is 0 Å². The van der Waals surface area contributed by atoms with Crippen LogP contribution >= 0.6 is 0 Å². The van der Waals surface area contributed by atoms with Gasteiger partial charge in [0.1, 0.15) is 0 Å². The van der Waals surface area contributed by atoms with Gasteiger partial charge in [-0.15, -0.1) is 0 Å². The van der Waals surface area contributed by atoms with Gasteiger partial charge in [0.05, 0.1) is 11.6 Å². The van der Waals surface area contributed by atoms with E-state index in [9.17, 15) is 5.11 Å². The van der Waals surface area contributed by atoms with E-state index in [2.05, 4.69) is 18.2 Å². The topological polar surface area (TPSA) is 46.2 Å².